The molecule has 1 atom stereocenters. The Hall–Kier alpha value is -2.63. The number of fused-ring (bicyclic) bond motifs is 1. The first kappa shape index (κ1) is 14.3. The van der Waals surface area contributed by atoms with Gasteiger partial charge in [-0.05, 0) is 25.5 Å². The first-order valence-corrected chi connectivity index (χ1v) is 7.20. The van der Waals surface area contributed by atoms with Crippen molar-refractivity contribution in [3.8, 4) is 0 Å². The van der Waals surface area contributed by atoms with Crippen LogP contribution in [-0.2, 0) is 18.3 Å². The lowest BCUT2D eigenvalue weighted by molar-refractivity contribution is -0.119. The standard InChI is InChI=1S/C16H18N4O2/c1-9-5-4-6-11(7-9)16(22)17-13-12-8-10(2)15(21)18-14(12)20(3)19-13/h4-7,10H,8H2,1-3H3,(H,18,21)(H,17,19,22)/t10-/m1/s1. The monoisotopic (exact) mass is 298 g/mol. The van der Waals surface area contributed by atoms with Crippen LogP contribution in [0.2, 0.25) is 0 Å². The van der Waals surface area contributed by atoms with E-state index in [1.165, 1.54) is 0 Å². The molecule has 0 radical (unpaired) electrons. The van der Waals surface area contributed by atoms with E-state index in [1.807, 2.05) is 32.0 Å². The van der Waals surface area contributed by atoms with Crippen molar-refractivity contribution in [2.45, 2.75) is 20.3 Å². The molecule has 1 aromatic heterocycles. The van der Waals surface area contributed by atoms with Crippen LogP contribution in [0.3, 0.4) is 0 Å². The van der Waals surface area contributed by atoms with Crippen molar-refractivity contribution in [1.82, 2.24) is 9.78 Å². The molecule has 0 unspecified atom stereocenters. The van der Waals surface area contributed by atoms with Gasteiger partial charge < -0.3 is 10.6 Å². The van der Waals surface area contributed by atoms with Crippen molar-refractivity contribution in [2.24, 2.45) is 13.0 Å². The largest absolute Gasteiger partial charge is 0.310 e. The summed E-state index contributed by atoms with van der Waals surface area (Å²) in [5, 5.41) is 10.00. The first-order valence-electron chi connectivity index (χ1n) is 7.20. The van der Waals surface area contributed by atoms with Gasteiger partial charge in [-0.3, -0.25) is 14.3 Å². The molecular formula is C16H18N4O2. The van der Waals surface area contributed by atoms with E-state index in [2.05, 4.69) is 15.7 Å². The normalized spacial score (nSPS) is 16.9. The molecule has 1 aromatic carbocycles. The molecule has 6 heteroatoms. The number of carbonyl (C=O) groups excluding carboxylic acids is 2. The smallest absolute Gasteiger partial charge is 0.256 e. The number of anilines is 2. The highest BCUT2D eigenvalue weighted by Gasteiger charge is 2.29. The lowest BCUT2D eigenvalue weighted by Crippen LogP contribution is -2.28. The van der Waals surface area contributed by atoms with E-state index in [0.717, 1.165) is 11.1 Å². The summed E-state index contributed by atoms with van der Waals surface area (Å²) in [5.41, 5.74) is 2.49. The molecule has 2 amide bonds. The first-order chi connectivity index (χ1) is 10.5. The Balaban J connectivity index is 1.89. The molecule has 1 aliphatic rings. The molecule has 6 nitrogen and oxygen atoms in total. The molecule has 2 aromatic rings. The Morgan fingerprint density at radius 2 is 2.23 bits per heavy atom. The topological polar surface area (TPSA) is 76.0 Å². The summed E-state index contributed by atoms with van der Waals surface area (Å²) in [7, 11) is 1.75. The Bertz CT molecular complexity index is 764. The maximum Gasteiger partial charge on any atom is 0.256 e. The minimum absolute atomic E-state index is 0.0212. The molecule has 0 aliphatic carbocycles. The third kappa shape index (κ3) is 2.47. The number of nitrogens with zero attached hydrogens (tertiary/aromatic N) is 2. The maximum atomic E-state index is 12.4. The van der Waals surface area contributed by atoms with Crippen molar-refractivity contribution in [1.29, 1.82) is 0 Å². The molecule has 114 valence electrons. The van der Waals surface area contributed by atoms with Crippen LogP contribution in [0.4, 0.5) is 11.6 Å². The highest BCUT2D eigenvalue weighted by molar-refractivity contribution is 6.05. The van der Waals surface area contributed by atoms with Crippen LogP contribution in [0, 0.1) is 12.8 Å². The van der Waals surface area contributed by atoms with E-state index in [4.69, 9.17) is 0 Å². The van der Waals surface area contributed by atoms with E-state index < -0.39 is 0 Å². The minimum Gasteiger partial charge on any atom is -0.310 e. The molecule has 3 rings (SSSR count). The van der Waals surface area contributed by atoms with Crippen molar-refractivity contribution in [3.63, 3.8) is 0 Å². The highest BCUT2D eigenvalue weighted by Crippen LogP contribution is 2.31. The molecule has 2 N–H and O–H groups in total. The van der Waals surface area contributed by atoms with Gasteiger partial charge in [0, 0.05) is 24.1 Å². The molecule has 2 heterocycles. The maximum absolute atomic E-state index is 12.4. The Morgan fingerprint density at radius 1 is 1.45 bits per heavy atom. The molecule has 0 bridgehead atoms. The van der Waals surface area contributed by atoms with E-state index in [9.17, 15) is 9.59 Å². The average molecular weight is 298 g/mol. The molecule has 1 aliphatic heterocycles. The molecule has 0 saturated heterocycles. The summed E-state index contributed by atoms with van der Waals surface area (Å²) in [6.07, 6.45) is 0.568. The fourth-order valence-electron chi connectivity index (χ4n) is 2.62. The summed E-state index contributed by atoms with van der Waals surface area (Å²) >= 11 is 0. The summed E-state index contributed by atoms with van der Waals surface area (Å²) in [6.45, 7) is 3.80. The van der Waals surface area contributed by atoms with Gasteiger partial charge in [-0.2, -0.15) is 5.10 Å². The lowest BCUT2D eigenvalue weighted by Gasteiger charge is -2.19. The summed E-state index contributed by atoms with van der Waals surface area (Å²) < 4.78 is 1.59. The SMILES string of the molecule is Cc1cccc(C(=O)Nc2nn(C)c3c2C[C@@H](C)C(=O)N3)c1. The Labute approximate surface area is 128 Å². The molecule has 22 heavy (non-hydrogen) atoms. The van der Waals surface area contributed by atoms with Gasteiger partial charge in [0.15, 0.2) is 5.82 Å². The molecule has 0 spiro atoms. The van der Waals surface area contributed by atoms with E-state index >= 15 is 0 Å². The fraction of sp³-hybridized carbons (Fsp3) is 0.312. The molecular weight excluding hydrogens is 280 g/mol. The number of nitrogens with one attached hydrogen (secondary N) is 2. The average Bonchev–Trinajstić information content (AvgIpc) is 2.76. The van der Waals surface area contributed by atoms with Crippen LogP contribution in [0.5, 0.6) is 0 Å². The van der Waals surface area contributed by atoms with Crippen molar-refractivity contribution in [2.75, 3.05) is 10.6 Å². The predicted octanol–water partition coefficient (Wildman–Crippen LogP) is 2.11. The second-order valence-corrected chi connectivity index (χ2v) is 5.72. The van der Waals surface area contributed by atoms with Gasteiger partial charge in [0.25, 0.3) is 5.91 Å². The molecule has 0 saturated carbocycles. The number of hydrogen-bond donors (Lipinski definition) is 2. The minimum atomic E-state index is -0.200. The number of rotatable bonds is 2. The highest BCUT2D eigenvalue weighted by atomic mass is 16.2. The van der Waals surface area contributed by atoms with Gasteiger partial charge in [-0.1, -0.05) is 24.6 Å². The van der Waals surface area contributed by atoms with Crippen molar-refractivity contribution in [3.05, 3.63) is 41.0 Å². The van der Waals surface area contributed by atoms with E-state index in [-0.39, 0.29) is 17.7 Å². The van der Waals surface area contributed by atoms with Crippen molar-refractivity contribution < 1.29 is 9.59 Å². The van der Waals surface area contributed by atoms with Gasteiger partial charge in [0.2, 0.25) is 5.91 Å². The predicted molar refractivity (Wildman–Crippen MR) is 83.8 cm³/mol. The molecule has 0 fully saturated rings. The number of amides is 2. The van der Waals surface area contributed by atoms with Crippen LogP contribution in [0.25, 0.3) is 0 Å². The fourth-order valence-corrected chi connectivity index (χ4v) is 2.62. The van der Waals surface area contributed by atoms with Crippen LogP contribution < -0.4 is 10.6 Å². The van der Waals surface area contributed by atoms with Crippen LogP contribution in [0.15, 0.2) is 24.3 Å². The summed E-state index contributed by atoms with van der Waals surface area (Å²) in [4.78, 5) is 24.1. The number of benzene rings is 1. The van der Waals surface area contributed by atoms with Gasteiger partial charge in [0.1, 0.15) is 5.82 Å². The van der Waals surface area contributed by atoms with Crippen LogP contribution in [0.1, 0.15) is 28.4 Å². The van der Waals surface area contributed by atoms with Gasteiger partial charge in [-0.25, -0.2) is 0 Å². The number of hydrogen-bond acceptors (Lipinski definition) is 3. The van der Waals surface area contributed by atoms with Crippen LogP contribution in [-0.4, -0.2) is 21.6 Å². The zero-order valence-electron chi connectivity index (χ0n) is 12.8. The van der Waals surface area contributed by atoms with Gasteiger partial charge >= 0.3 is 0 Å². The quantitative estimate of drug-likeness (QED) is 0.891. The van der Waals surface area contributed by atoms with Crippen LogP contribution >= 0.6 is 0 Å². The number of carbonyl (C=O) groups is 2. The zero-order valence-corrected chi connectivity index (χ0v) is 12.8. The Morgan fingerprint density at radius 3 is 2.95 bits per heavy atom. The number of aromatic nitrogens is 2. The van der Waals surface area contributed by atoms with E-state index in [1.54, 1.807) is 17.8 Å². The summed E-state index contributed by atoms with van der Waals surface area (Å²) in [6, 6.07) is 7.38. The third-order valence-electron chi connectivity index (χ3n) is 3.86. The van der Waals surface area contributed by atoms with Crippen molar-refractivity contribution >= 4 is 23.5 Å². The zero-order chi connectivity index (χ0) is 15.9. The third-order valence-corrected chi connectivity index (χ3v) is 3.86. The van der Waals surface area contributed by atoms with Gasteiger partial charge in [0.05, 0.1) is 0 Å². The second kappa shape index (κ2) is 5.29. The van der Waals surface area contributed by atoms with Gasteiger partial charge in [-0.15, -0.1) is 0 Å². The number of aryl methyl sites for hydroxylation is 2. The summed E-state index contributed by atoms with van der Waals surface area (Å²) in [5.74, 6) is 0.811. The second-order valence-electron chi connectivity index (χ2n) is 5.72. The lowest BCUT2D eigenvalue weighted by atomic mass is 9.98. The van der Waals surface area contributed by atoms with E-state index in [0.29, 0.717) is 23.6 Å². The Kier molecular flexibility index (Phi) is 3.44.